The fourth-order valence-electron chi connectivity index (χ4n) is 4.07. The lowest BCUT2D eigenvalue weighted by molar-refractivity contribution is 0.0910. The number of rotatable bonds is 3. The molecule has 1 amide bonds. The number of amides is 1. The molecule has 1 aliphatic carbocycles. The maximum Gasteiger partial charge on any atom is 0.260 e. The number of fused-ring (bicyclic) bond motifs is 1. The second kappa shape index (κ2) is 6.16. The van der Waals surface area contributed by atoms with Crippen LogP contribution >= 0.6 is 0 Å². The molecule has 1 fully saturated rings. The van der Waals surface area contributed by atoms with Gasteiger partial charge >= 0.3 is 0 Å². The summed E-state index contributed by atoms with van der Waals surface area (Å²) in [6.07, 6.45) is 5.46. The van der Waals surface area contributed by atoms with Gasteiger partial charge in [-0.25, -0.2) is 0 Å². The first kappa shape index (κ1) is 16.6. The van der Waals surface area contributed by atoms with Crippen LogP contribution in [0.25, 0.3) is 10.9 Å². The maximum atomic E-state index is 12.8. The average Bonchev–Trinajstić information content (AvgIpc) is 2.94. The van der Waals surface area contributed by atoms with Gasteiger partial charge in [-0.15, -0.1) is 0 Å². The molecule has 0 radical (unpaired) electrons. The van der Waals surface area contributed by atoms with Crippen molar-refractivity contribution in [3.63, 3.8) is 0 Å². The topological polar surface area (TPSA) is 56.0 Å². The molecular weight excluding hydrogens is 326 g/mol. The molecule has 5 heteroatoms. The van der Waals surface area contributed by atoms with E-state index in [1.165, 1.54) is 5.56 Å². The van der Waals surface area contributed by atoms with Crippen LogP contribution in [0.15, 0.2) is 47.5 Å². The largest absolute Gasteiger partial charge is 0.349 e. The minimum Gasteiger partial charge on any atom is -0.349 e. The molecule has 1 N–H and O–H groups in total. The van der Waals surface area contributed by atoms with Crippen molar-refractivity contribution in [2.24, 2.45) is 14.1 Å². The summed E-state index contributed by atoms with van der Waals surface area (Å²) in [7, 11) is 3.60. The van der Waals surface area contributed by atoms with E-state index in [4.69, 9.17) is 0 Å². The molecule has 1 aromatic carbocycles. The first-order valence-corrected chi connectivity index (χ1v) is 8.96. The molecule has 134 valence electrons. The molecular formula is C21H23N3O2. The quantitative estimate of drug-likeness (QED) is 0.790. The number of aromatic nitrogens is 2. The van der Waals surface area contributed by atoms with E-state index in [0.29, 0.717) is 16.9 Å². The third-order valence-electron chi connectivity index (χ3n) is 5.47. The normalized spacial score (nSPS) is 19.3. The number of benzene rings is 1. The highest BCUT2D eigenvalue weighted by Crippen LogP contribution is 2.37. The molecule has 0 unspecified atom stereocenters. The molecule has 1 aliphatic rings. The second-order valence-electron chi connectivity index (χ2n) is 7.35. The number of hydrogen-bond donors (Lipinski definition) is 1. The Morgan fingerprint density at radius 1 is 1.08 bits per heavy atom. The molecule has 2 heterocycles. The summed E-state index contributed by atoms with van der Waals surface area (Å²) in [5.41, 5.74) is 3.47. The monoisotopic (exact) mass is 349 g/mol. The van der Waals surface area contributed by atoms with E-state index >= 15 is 0 Å². The van der Waals surface area contributed by atoms with Gasteiger partial charge < -0.3 is 14.5 Å². The van der Waals surface area contributed by atoms with Crippen molar-refractivity contribution < 1.29 is 4.79 Å². The number of pyridine rings is 1. The fraction of sp³-hybridized carbons (Fsp3) is 0.333. The average molecular weight is 349 g/mol. The van der Waals surface area contributed by atoms with Crippen molar-refractivity contribution >= 4 is 16.8 Å². The van der Waals surface area contributed by atoms with Gasteiger partial charge in [0.15, 0.2) is 0 Å². The van der Waals surface area contributed by atoms with E-state index in [2.05, 4.69) is 29.6 Å². The van der Waals surface area contributed by atoms with E-state index in [-0.39, 0.29) is 17.5 Å². The van der Waals surface area contributed by atoms with Crippen LogP contribution in [0.2, 0.25) is 0 Å². The Hall–Kier alpha value is -2.82. The Bertz CT molecular complexity index is 1040. The van der Waals surface area contributed by atoms with Crippen LogP contribution in [-0.4, -0.2) is 21.1 Å². The van der Waals surface area contributed by atoms with Gasteiger partial charge in [0.25, 0.3) is 11.5 Å². The molecule has 5 nitrogen and oxygen atoms in total. The van der Waals surface area contributed by atoms with Gasteiger partial charge in [0.2, 0.25) is 0 Å². The number of hydrogen-bond acceptors (Lipinski definition) is 2. The third-order valence-corrected chi connectivity index (χ3v) is 5.47. The molecule has 1 saturated carbocycles. The zero-order valence-electron chi connectivity index (χ0n) is 15.3. The van der Waals surface area contributed by atoms with Crippen molar-refractivity contribution in [3.05, 3.63) is 69.8 Å². The zero-order chi connectivity index (χ0) is 18.4. The van der Waals surface area contributed by atoms with Crippen molar-refractivity contribution in [1.29, 1.82) is 0 Å². The molecule has 2 aromatic heterocycles. The van der Waals surface area contributed by atoms with E-state index in [1.54, 1.807) is 17.8 Å². The smallest absolute Gasteiger partial charge is 0.260 e. The molecule has 0 spiro atoms. The van der Waals surface area contributed by atoms with Crippen LogP contribution in [0, 0.1) is 6.92 Å². The van der Waals surface area contributed by atoms with Crippen LogP contribution in [0.1, 0.15) is 40.2 Å². The number of carbonyl (C=O) groups is 1. The summed E-state index contributed by atoms with van der Waals surface area (Å²) in [6.45, 7) is 1.96. The molecule has 0 bridgehead atoms. The first-order chi connectivity index (χ1) is 12.5. The van der Waals surface area contributed by atoms with Crippen molar-refractivity contribution in [1.82, 2.24) is 14.5 Å². The predicted octanol–water partition coefficient (Wildman–Crippen LogP) is 2.86. The second-order valence-corrected chi connectivity index (χ2v) is 7.35. The summed E-state index contributed by atoms with van der Waals surface area (Å²) in [6, 6.07) is 10.6. The minimum atomic E-state index is -0.158. The molecule has 4 rings (SSSR count). The van der Waals surface area contributed by atoms with Gasteiger partial charge in [0.1, 0.15) is 0 Å². The van der Waals surface area contributed by atoms with Crippen LogP contribution < -0.4 is 10.9 Å². The van der Waals surface area contributed by atoms with Gasteiger partial charge in [0, 0.05) is 32.5 Å². The van der Waals surface area contributed by atoms with Crippen LogP contribution in [0.5, 0.6) is 0 Å². The Morgan fingerprint density at radius 2 is 1.77 bits per heavy atom. The minimum absolute atomic E-state index is 0.132. The fourth-order valence-corrected chi connectivity index (χ4v) is 4.07. The molecule has 0 atom stereocenters. The zero-order valence-corrected chi connectivity index (χ0v) is 15.3. The van der Waals surface area contributed by atoms with E-state index in [9.17, 15) is 9.59 Å². The summed E-state index contributed by atoms with van der Waals surface area (Å²) < 4.78 is 3.41. The number of aryl methyl sites for hydroxylation is 3. The summed E-state index contributed by atoms with van der Waals surface area (Å²) in [5, 5.41) is 3.61. The van der Waals surface area contributed by atoms with Crippen LogP contribution in [-0.2, 0) is 14.1 Å². The van der Waals surface area contributed by atoms with E-state index in [1.807, 2.05) is 30.8 Å². The van der Waals surface area contributed by atoms with Crippen LogP contribution in [0.4, 0.5) is 0 Å². The SMILES string of the molecule is Cc1cn(C)c(=O)c2c(C(=O)NC3CC(c4ccccc4)C3)cn(C)c12. The lowest BCUT2D eigenvalue weighted by Crippen LogP contribution is -2.43. The standard InChI is InChI=1S/C21H23N3O2/c1-13-11-24(3)21(26)18-17(12-23(2)19(13)18)20(25)22-16-9-15(10-16)14-7-5-4-6-8-14/h4-8,11-12,15-16H,9-10H2,1-3H3,(H,22,25). The summed E-state index contributed by atoms with van der Waals surface area (Å²) >= 11 is 0. The highest BCUT2D eigenvalue weighted by molar-refractivity contribution is 6.07. The first-order valence-electron chi connectivity index (χ1n) is 8.96. The Kier molecular flexibility index (Phi) is 3.94. The van der Waals surface area contributed by atoms with E-state index < -0.39 is 0 Å². The predicted molar refractivity (Wildman–Crippen MR) is 103 cm³/mol. The summed E-state index contributed by atoms with van der Waals surface area (Å²) in [4.78, 5) is 25.4. The molecule has 3 aromatic rings. The van der Waals surface area contributed by atoms with E-state index in [0.717, 1.165) is 23.9 Å². The van der Waals surface area contributed by atoms with Gasteiger partial charge in [-0.05, 0) is 36.8 Å². The van der Waals surface area contributed by atoms with Crippen molar-refractivity contribution in [2.75, 3.05) is 0 Å². The number of carbonyl (C=O) groups excluding carboxylic acids is 1. The lowest BCUT2D eigenvalue weighted by atomic mass is 9.76. The maximum absolute atomic E-state index is 12.8. The Morgan fingerprint density at radius 3 is 2.46 bits per heavy atom. The van der Waals surface area contributed by atoms with Crippen molar-refractivity contribution in [3.8, 4) is 0 Å². The molecule has 0 aliphatic heterocycles. The lowest BCUT2D eigenvalue weighted by Gasteiger charge is -2.36. The Labute approximate surface area is 152 Å². The molecule has 26 heavy (non-hydrogen) atoms. The van der Waals surface area contributed by atoms with Gasteiger partial charge in [-0.3, -0.25) is 9.59 Å². The summed E-state index contributed by atoms with van der Waals surface area (Å²) in [5.74, 6) is 0.346. The van der Waals surface area contributed by atoms with Crippen LogP contribution in [0.3, 0.4) is 0 Å². The number of nitrogens with zero attached hydrogens (tertiary/aromatic N) is 2. The van der Waals surface area contributed by atoms with Gasteiger partial charge in [0.05, 0.1) is 16.5 Å². The van der Waals surface area contributed by atoms with Gasteiger partial charge in [-0.1, -0.05) is 30.3 Å². The highest BCUT2D eigenvalue weighted by Gasteiger charge is 2.32. The molecule has 0 saturated heterocycles. The van der Waals surface area contributed by atoms with Gasteiger partial charge in [-0.2, -0.15) is 0 Å². The third kappa shape index (κ3) is 2.64. The Balaban J connectivity index is 1.56. The van der Waals surface area contributed by atoms with Crippen molar-refractivity contribution in [2.45, 2.75) is 31.7 Å². The highest BCUT2D eigenvalue weighted by atomic mass is 16.2. The number of nitrogens with one attached hydrogen (secondary N) is 1.